The van der Waals surface area contributed by atoms with Crippen LogP contribution in [0.5, 0.6) is 0 Å². The van der Waals surface area contributed by atoms with Crippen molar-refractivity contribution < 1.29 is 43.3 Å². The molecule has 9 nitrogen and oxygen atoms in total. The van der Waals surface area contributed by atoms with E-state index in [1.807, 2.05) is 0 Å². The lowest BCUT2D eigenvalue weighted by molar-refractivity contribution is -0.369. The van der Waals surface area contributed by atoms with Crippen LogP contribution < -0.4 is 10.6 Å². The van der Waals surface area contributed by atoms with Crippen LogP contribution in [-0.4, -0.2) is 44.4 Å². The average Bonchev–Trinajstić information content (AvgIpc) is 3.15. The van der Waals surface area contributed by atoms with Crippen molar-refractivity contribution in [2.75, 3.05) is 26.4 Å². The highest BCUT2D eigenvalue weighted by Gasteiger charge is 2.21. The second kappa shape index (κ2) is 41.1. The molecule has 0 aromatic carbocycles. The van der Waals surface area contributed by atoms with Crippen molar-refractivity contribution >= 4 is 19.8 Å². The quantitative estimate of drug-likeness (QED) is 0.0279. The monoisotopic (exact) mass is 786 g/mol. The van der Waals surface area contributed by atoms with E-state index in [9.17, 15) is 19.0 Å². The third-order valence-corrected chi connectivity index (χ3v) is 10.5. The highest BCUT2D eigenvalue weighted by atomic mass is 31.2. The number of ether oxygens (including phenoxy) is 2. The van der Waals surface area contributed by atoms with Crippen molar-refractivity contribution in [2.45, 2.75) is 219 Å². The lowest BCUT2D eigenvalue weighted by Gasteiger charge is -2.25. The van der Waals surface area contributed by atoms with E-state index in [4.69, 9.17) is 18.5 Å². The summed E-state index contributed by atoms with van der Waals surface area (Å²) in [5.74, 6) is -0.848. The van der Waals surface area contributed by atoms with Gasteiger partial charge < -0.3 is 29.1 Å². The van der Waals surface area contributed by atoms with Gasteiger partial charge in [0.25, 0.3) is 7.82 Å². The van der Waals surface area contributed by atoms with Crippen LogP contribution in [0.25, 0.3) is 0 Å². The Bertz CT molecular complexity index is 944. The largest absolute Gasteiger partial charge is 0.756 e. The molecule has 0 spiro atoms. The third kappa shape index (κ3) is 40.2. The maximum atomic E-state index is 12.6. The maximum absolute atomic E-state index is 12.6. The standard InChI is InChI=1S/C44H84NO8P/c1-3-5-7-9-11-13-15-17-19-21-23-25-27-29-31-33-36-43(46)50-40-42(41-52-54(48,49)51-39-35-38-45)53-44(47)37-34-32-30-28-26-24-22-20-18-16-14-12-10-8-6-4-2/h17-20,42H,3-16,21-41,45H2,1-2H3,(H,48,49). The third-order valence-electron chi connectivity index (χ3n) is 9.58. The Morgan fingerprint density at radius 2 is 0.926 bits per heavy atom. The zero-order chi connectivity index (χ0) is 39.6. The Morgan fingerprint density at radius 1 is 0.537 bits per heavy atom. The minimum absolute atomic E-state index is 0.0317. The van der Waals surface area contributed by atoms with Gasteiger partial charge in [-0.2, -0.15) is 0 Å². The fraction of sp³-hybridized carbons (Fsp3) is 0.864. The van der Waals surface area contributed by atoms with Crippen molar-refractivity contribution in [2.24, 2.45) is 0 Å². The number of phosphoric ester groups is 1. The summed E-state index contributed by atoms with van der Waals surface area (Å²) in [4.78, 5) is 37.2. The van der Waals surface area contributed by atoms with Crippen LogP contribution in [0.4, 0.5) is 0 Å². The molecule has 2 atom stereocenters. The predicted molar refractivity (Wildman–Crippen MR) is 221 cm³/mol. The molecule has 0 radical (unpaired) electrons. The van der Waals surface area contributed by atoms with Gasteiger partial charge in [0.15, 0.2) is 6.10 Å². The Hall–Kier alpha value is -1.51. The van der Waals surface area contributed by atoms with Crippen LogP contribution in [0.15, 0.2) is 24.3 Å². The molecule has 2 unspecified atom stereocenters. The first-order valence-electron chi connectivity index (χ1n) is 22.4. The van der Waals surface area contributed by atoms with E-state index in [1.54, 1.807) is 0 Å². The van der Waals surface area contributed by atoms with E-state index >= 15 is 0 Å². The Labute approximate surface area is 332 Å². The molecule has 0 aromatic heterocycles. The fourth-order valence-electron chi connectivity index (χ4n) is 6.14. The van der Waals surface area contributed by atoms with Crippen molar-refractivity contribution in [1.29, 1.82) is 0 Å². The summed E-state index contributed by atoms with van der Waals surface area (Å²) >= 11 is 0. The number of carbonyl (C=O) groups excluding carboxylic acids is 2. The minimum atomic E-state index is -4.59. The topological polar surface area (TPSA) is 139 Å². The smallest absolute Gasteiger partial charge is 0.306 e. The molecule has 0 aliphatic heterocycles. The summed E-state index contributed by atoms with van der Waals surface area (Å²) < 4.78 is 32.9. The summed E-state index contributed by atoms with van der Waals surface area (Å²) in [6.07, 6.45) is 42.4. The van der Waals surface area contributed by atoms with Gasteiger partial charge in [0.2, 0.25) is 0 Å². The van der Waals surface area contributed by atoms with Gasteiger partial charge in [-0.15, -0.1) is 0 Å². The molecule has 0 aliphatic carbocycles. The van der Waals surface area contributed by atoms with Gasteiger partial charge in [-0.25, -0.2) is 0 Å². The van der Waals surface area contributed by atoms with Crippen molar-refractivity contribution in [3.05, 3.63) is 24.3 Å². The minimum Gasteiger partial charge on any atom is -0.756 e. The molecule has 54 heavy (non-hydrogen) atoms. The van der Waals surface area contributed by atoms with Gasteiger partial charge in [0.1, 0.15) is 6.61 Å². The maximum Gasteiger partial charge on any atom is 0.306 e. The summed E-state index contributed by atoms with van der Waals surface area (Å²) in [6.45, 7) is 4.28. The molecule has 0 fully saturated rings. The van der Waals surface area contributed by atoms with Crippen LogP contribution in [0.1, 0.15) is 213 Å². The Morgan fingerprint density at radius 3 is 1.35 bits per heavy atom. The van der Waals surface area contributed by atoms with Crippen molar-refractivity contribution in [1.82, 2.24) is 0 Å². The molecule has 0 aromatic rings. The average molecular weight is 786 g/mol. The van der Waals surface area contributed by atoms with Gasteiger partial charge in [0, 0.05) is 19.3 Å². The van der Waals surface area contributed by atoms with Crippen molar-refractivity contribution in [3.8, 4) is 0 Å². The van der Waals surface area contributed by atoms with Crippen LogP contribution >= 0.6 is 7.82 Å². The number of allylic oxidation sites excluding steroid dienone is 4. The molecule has 0 saturated heterocycles. The number of hydrogen-bond acceptors (Lipinski definition) is 8. The Kier molecular flexibility index (Phi) is 40.0. The van der Waals surface area contributed by atoms with E-state index in [0.29, 0.717) is 19.4 Å². The predicted octanol–water partition coefficient (Wildman–Crippen LogP) is 11.4. The second-order valence-corrected chi connectivity index (χ2v) is 16.4. The molecule has 0 aliphatic rings. The highest BCUT2D eigenvalue weighted by molar-refractivity contribution is 7.45. The molecule has 10 heteroatoms. The number of rotatable bonds is 42. The van der Waals surface area contributed by atoms with Crippen LogP contribution in [0.3, 0.4) is 0 Å². The molecule has 0 bridgehead atoms. The number of unbranched alkanes of at least 4 members (excludes halogenated alkanes) is 24. The number of carbonyl (C=O) groups is 2. The highest BCUT2D eigenvalue weighted by Crippen LogP contribution is 2.38. The van der Waals surface area contributed by atoms with E-state index in [0.717, 1.165) is 57.8 Å². The molecule has 3 N–H and O–H groups in total. The van der Waals surface area contributed by atoms with E-state index in [1.165, 1.54) is 116 Å². The van der Waals surface area contributed by atoms with Gasteiger partial charge >= 0.3 is 11.9 Å². The van der Waals surface area contributed by atoms with Crippen molar-refractivity contribution in [3.63, 3.8) is 0 Å². The molecule has 0 amide bonds. The second-order valence-electron chi connectivity index (χ2n) is 15.0. The normalized spacial score (nSPS) is 13.5. The van der Waals surface area contributed by atoms with Crippen LogP contribution in [-0.2, 0) is 32.7 Å². The SMILES string of the molecule is CCCCCCCCC=CCCCCCCCCC(=O)OCC(COP(=O)([O-])OCCC[NH3+])OC(=O)CCCCCCCCC=CCCCCCCCC. The first-order valence-corrected chi connectivity index (χ1v) is 23.8. The zero-order valence-electron chi connectivity index (χ0n) is 35.1. The molecule has 0 heterocycles. The van der Waals surface area contributed by atoms with E-state index in [2.05, 4.69) is 43.9 Å². The van der Waals surface area contributed by atoms with Crippen LogP contribution in [0, 0.1) is 0 Å². The summed E-state index contributed by atoms with van der Waals surface area (Å²) in [5, 5.41) is 0. The number of phosphoric acid groups is 1. The zero-order valence-corrected chi connectivity index (χ0v) is 36.0. The van der Waals surface area contributed by atoms with Crippen LogP contribution in [0.2, 0.25) is 0 Å². The molecule has 318 valence electrons. The molecular weight excluding hydrogens is 701 g/mol. The van der Waals surface area contributed by atoms with E-state index < -0.39 is 32.5 Å². The molecule has 0 rings (SSSR count). The lowest BCUT2D eigenvalue weighted by Crippen LogP contribution is -2.50. The summed E-state index contributed by atoms with van der Waals surface area (Å²) in [7, 11) is -4.59. The summed E-state index contributed by atoms with van der Waals surface area (Å²) in [6, 6.07) is 0. The van der Waals surface area contributed by atoms with Gasteiger partial charge in [-0.1, -0.05) is 154 Å². The fourth-order valence-corrected chi connectivity index (χ4v) is 6.92. The van der Waals surface area contributed by atoms with Gasteiger partial charge in [-0.05, 0) is 64.2 Å². The number of esters is 2. The first kappa shape index (κ1) is 52.5. The molecule has 0 saturated carbocycles. The summed E-state index contributed by atoms with van der Waals surface area (Å²) in [5.41, 5.74) is 3.67. The number of hydrogen-bond donors (Lipinski definition) is 1. The van der Waals surface area contributed by atoms with E-state index in [-0.39, 0.29) is 26.1 Å². The first-order chi connectivity index (χ1) is 26.3. The molecular formula is C44H84NO8P. The number of quaternary nitrogens is 1. The Balaban J connectivity index is 4.21. The van der Waals surface area contributed by atoms with Gasteiger partial charge in [0.05, 0.1) is 19.8 Å². The van der Waals surface area contributed by atoms with Gasteiger partial charge in [-0.3, -0.25) is 14.2 Å². The lowest BCUT2D eigenvalue weighted by atomic mass is 10.1.